The Bertz CT molecular complexity index is 2650. The van der Waals surface area contributed by atoms with Gasteiger partial charge in [0.25, 0.3) is 5.09 Å². The Balaban J connectivity index is 1.25. The number of rotatable bonds is 29. The smallest absolute Gasteiger partial charge is 0.349 e. The van der Waals surface area contributed by atoms with Gasteiger partial charge in [-0.1, -0.05) is 68.3 Å². The lowest BCUT2D eigenvalue weighted by Crippen LogP contribution is -2.45. The molecule has 0 spiro atoms. The second kappa shape index (κ2) is 28.6. The maximum Gasteiger partial charge on any atom is 0.349 e. The van der Waals surface area contributed by atoms with Crippen LogP contribution in [0.1, 0.15) is 88.7 Å². The zero-order chi connectivity index (χ0) is 53.5. The maximum absolute atomic E-state index is 13.1. The average molecular weight is 1020 g/mol. The largest absolute Gasteiger partial charge is 0.469 e. The summed E-state index contributed by atoms with van der Waals surface area (Å²) < 4.78 is 45.2. The Kier molecular flexibility index (Phi) is 22.5. The fourth-order valence-electron chi connectivity index (χ4n) is 6.61. The van der Waals surface area contributed by atoms with Crippen LogP contribution in [-0.4, -0.2) is 123 Å². The number of methoxy groups -OCH3 is 1. The van der Waals surface area contributed by atoms with Crippen LogP contribution in [0.25, 0.3) is 21.5 Å². The summed E-state index contributed by atoms with van der Waals surface area (Å²) >= 11 is 0. The molecule has 3 unspecified atom stereocenters. The van der Waals surface area contributed by atoms with E-state index in [-0.39, 0.29) is 37.7 Å². The highest BCUT2D eigenvalue weighted by molar-refractivity contribution is 5.93. The van der Waals surface area contributed by atoms with Gasteiger partial charge in [-0.05, 0) is 90.0 Å². The van der Waals surface area contributed by atoms with Gasteiger partial charge in [0.05, 0.1) is 51.6 Å². The van der Waals surface area contributed by atoms with Crippen LogP contribution in [0.2, 0.25) is 0 Å². The number of unbranched alkanes of at least 4 members (excludes halogenated alkanes) is 3. The van der Waals surface area contributed by atoms with Crippen molar-refractivity contribution in [3.05, 3.63) is 94.0 Å². The van der Waals surface area contributed by atoms with Crippen molar-refractivity contribution in [3.8, 4) is 11.5 Å². The van der Waals surface area contributed by atoms with Gasteiger partial charge < -0.3 is 52.6 Å². The van der Waals surface area contributed by atoms with Crippen molar-refractivity contribution in [2.24, 2.45) is 0 Å². The lowest BCUT2D eigenvalue weighted by molar-refractivity contribution is -0.757. The summed E-state index contributed by atoms with van der Waals surface area (Å²) in [6.07, 6.45) is 0.816. The van der Waals surface area contributed by atoms with E-state index in [1.807, 2.05) is 6.92 Å². The lowest BCUT2D eigenvalue weighted by Gasteiger charge is -2.23. The van der Waals surface area contributed by atoms with Crippen molar-refractivity contribution in [3.63, 3.8) is 0 Å². The minimum atomic E-state index is -2.92. The first-order valence-corrected chi connectivity index (χ1v) is 22.8. The van der Waals surface area contributed by atoms with E-state index in [0.29, 0.717) is 45.5 Å². The number of fused-ring (bicyclic) bond motifs is 2. The molecular weight excluding hydrogens is 967 g/mol. The van der Waals surface area contributed by atoms with Crippen LogP contribution in [0.3, 0.4) is 0 Å². The molecule has 0 saturated heterocycles. The first-order chi connectivity index (χ1) is 34.8. The van der Waals surface area contributed by atoms with Crippen LogP contribution in [0, 0.1) is 10.1 Å². The molecule has 0 fully saturated rings. The van der Waals surface area contributed by atoms with Gasteiger partial charge in [0.1, 0.15) is 11.5 Å². The van der Waals surface area contributed by atoms with Crippen molar-refractivity contribution in [1.82, 2.24) is 0 Å². The fourth-order valence-corrected chi connectivity index (χ4v) is 6.61. The zero-order valence-electron chi connectivity index (χ0n) is 40.5. The van der Waals surface area contributed by atoms with E-state index in [9.17, 15) is 58.4 Å². The van der Waals surface area contributed by atoms with Crippen molar-refractivity contribution in [2.45, 2.75) is 83.2 Å². The Hall–Kier alpha value is -8.21. The molecule has 0 amide bonds. The highest BCUT2D eigenvalue weighted by atomic mass is 16.9. The van der Waals surface area contributed by atoms with Gasteiger partial charge in [-0.3, -0.25) is 19.2 Å². The van der Waals surface area contributed by atoms with Crippen LogP contribution in [-0.2, 0) is 81.1 Å². The van der Waals surface area contributed by atoms with Crippen LogP contribution in [0.15, 0.2) is 72.8 Å². The molecular formula is C50H55NO22. The van der Waals surface area contributed by atoms with E-state index in [2.05, 4.69) is 9.57 Å². The Morgan fingerprint density at radius 2 is 0.986 bits per heavy atom. The SMILES string of the molecule is CCCCCOC(=O)COC(=O)C(C)c1ccc2ccc(OC(=O)COC(=O)CC(O)(CC(=O)OC)C(=O)OCC(=O)Oc3ccc4cc(C(C)C(=O)OCC(=O)OCCCCO[N+](=O)[O-])ccc4c3)cc2c1. The molecule has 0 heterocycles. The van der Waals surface area contributed by atoms with Gasteiger partial charge in [0, 0.05) is 0 Å². The molecule has 392 valence electrons. The van der Waals surface area contributed by atoms with Crippen LogP contribution < -0.4 is 9.47 Å². The van der Waals surface area contributed by atoms with Crippen LogP contribution >= 0.6 is 0 Å². The number of hydrogen-bond acceptors (Lipinski definition) is 22. The van der Waals surface area contributed by atoms with E-state index in [4.69, 9.17) is 37.9 Å². The summed E-state index contributed by atoms with van der Waals surface area (Å²) in [5, 5.41) is 22.8. The molecule has 0 saturated carbocycles. The molecule has 0 aliphatic heterocycles. The topological polar surface area (TPSA) is 309 Å². The predicted octanol–water partition coefficient (Wildman–Crippen LogP) is 4.83. The third kappa shape index (κ3) is 19.1. The number of carbonyl (C=O) groups excluding carboxylic acids is 9. The number of hydrogen-bond donors (Lipinski definition) is 1. The summed E-state index contributed by atoms with van der Waals surface area (Å²) in [6.45, 7) is 1.95. The summed E-state index contributed by atoms with van der Waals surface area (Å²) in [5.41, 5.74) is -1.85. The highest BCUT2D eigenvalue weighted by Crippen LogP contribution is 2.28. The lowest BCUT2D eigenvalue weighted by atomic mass is 9.95. The maximum atomic E-state index is 13.1. The van der Waals surface area contributed by atoms with Gasteiger partial charge in [0.15, 0.2) is 32.0 Å². The molecule has 0 aliphatic carbocycles. The monoisotopic (exact) mass is 1020 g/mol. The van der Waals surface area contributed by atoms with Crippen molar-refractivity contribution >= 4 is 75.3 Å². The second-order valence-electron chi connectivity index (χ2n) is 16.3. The van der Waals surface area contributed by atoms with Gasteiger partial charge >= 0.3 is 53.7 Å². The molecule has 1 N–H and O–H groups in total. The fraction of sp³-hybridized carbons (Fsp3) is 0.420. The summed E-state index contributed by atoms with van der Waals surface area (Å²) in [7, 11) is 0.953. The summed E-state index contributed by atoms with van der Waals surface area (Å²) in [4.78, 5) is 127. The number of benzene rings is 4. The third-order valence-corrected chi connectivity index (χ3v) is 10.7. The molecule has 4 rings (SSSR count). The molecule has 23 nitrogen and oxygen atoms in total. The molecule has 3 atom stereocenters. The molecule has 73 heavy (non-hydrogen) atoms. The Labute approximate surface area is 417 Å². The minimum Gasteiger partial charge on any atom is -0.469 e. The molecule has 0 radical (unpaired) electrons. The van der Waals surface area contributed by atoms with Gasteiger partial charge in [-0.2, -0.15) is 0 Å². The zero-order valence-corrected chi connectivity index (χ0v) is 40.5. The van der Waals surface area contributed by atoms with E-state index >= 15 is 0 Å². The van der Waals surface area contributed by atoms with Gasteiger partial charge in [-0.15, -0.1) is 10.1 Å². The van der Waals surface area contributed by atoms with Crippen molar-refractivity contribution in [1.29, 1.82) is 0 Å². The van der Waals surface area contributed by atoms with Crippen LogP contribution in [0.4, 0.5) is 0 Å². The Morgan fingerprint density at radius 1 is 0.534 bits per heavy atom. The minimum absolute atomic E-state index is 0.00717. The van der Waals surface area contributed by atoms with E-state index < -0.39 is 116 Å². The second-order valence-corrected chi connectivity index (χ2v) is 16.3. The highest BCUT2D eigenvalue weighted by Gasteiger charge is 2.44. The van der Waals surface area contributed by atoms with Gasteiger partial charge in [0.2, 0.25) is 0 Å². The molecule has 0 aliphatic rings. The first-order valence-electron chi connectivity index (χ1n) is 22.8. The van der Waals surface area contributed by atoms with E-state index in [0.717, 1.165) is 20.0 Å². The van der Waals surface area contributed by atoms with E-state index in [1.165, 1.54) is 24.3 Å². The van der Waals surface area contributed by atoms with Crippen LogP contribution in [0.5, 0.6) is 11.5 Å². The number of carbonyl (C=O) groups is 9. The third-order valence-electron chi connectivity index (χ3n) is 10.7. The quantitative estimate of drug-likeness (QED) is 0.0190. The molecule has 23 heteroatoms. The van der Waals surface area contributed by atoms with Crippen molar-refractivity contribution < 1.29 is 101 Å². The number of esters is 9. The number of ether oxygens (including phenoxy) is 9. The summed E-state index contributed by atoms with van der Waals surface area (Å²) in [6, 6.07) is 19.0. The summed E-state index contributed by atoms with van der Waals surface area (Å²) in [5.74, 6) is -10.6. The molecule has 4 aromatic rings. The molecule has 4 aromatic carbocycles. The van der Waals surface area contributed by atoms with E-state index in [1.54, 1.807) is 62.4 Å². The Morgan fingerprint density at radius 3 is 1.55 bits per heavy atom. The average Bonchev–Trinajstić information content (AvgIpc) is 3.37. The first kappa shape index (κ1) is 57.4. The van der Waals surface area contributed by atoms with Crippen molar-refractivity contribution in [2.75, 3.05) is 53.4 Å². The van der Waals surface area contributed by atoms with Gasteiger partial charge in [-0.25, -0.2) is 24.0 Å². The normalized spacial score (nSPS) is 12.5. The number of nitrogens with zero attached hydrogens (tertiary/aromatic N) is 1. The standard InChI is InChI=1S/C50H55NO22/c1-5-6-7-18-65-43(54)27-69-48(59)32(3)35-11-10-33-14-16-40(24-38(33)22-35)73-45(56)29-67-42(53)26-50(61,25-41(52)64-4)49(60)70-30-46(57)72-39-17-15-36-21-34(12-13-37(36)23-39)31(2)47(58)68-28-44(55)66-19-8-9-20-71-51(62)63/h10-17,21-24,31-32,61H,5-9,18-20,25-30H2,1-4H3. The number of aliphatic hydroxyl groups is 1. The molecule has 0 aromatic heterocycles. The molecule has 0 bridgehead atoms. The predicted molar refractivity (Wildman–Crippen MR) is 250 cm³/mol.